The topological polar surface area (TPSA) is 83.5 Å². The lowest BCUT2D eigenvalue weighted by Gasteiger charge is -2.03. The zero-order chi connectivity index (χ0) is 13.6. The van der Waals surface area contributed by atoms with Crippen molar-refractivity contribution in [3.63, 3.8) is 0 Å². The molecule has 0 bridgehead atoms. The maximum atomic E-state index is 10.8. The first kappa shape index (κ1) is 15.0. The van der Waals surface area contributed by atoms with Crippen LogP contribution in [0.2, 0.25) is 0 Å². The predicted octanol–water partition coefficient (Wildman–Crippen LogP) is 0.955. The number of rotatable bonds is 7. The van der Waals surface area contributed by atoms with Gasteiger partial charge < -0.3 is 5.11 Å². The summed E-state index contributed by atoms with van der Waals surface area (Å²) in [4.78, 5) is 11.5. The Labute approximate surface area is 111 Å². The van der Waals surface area contributed by atoms with E-state index in [9.17, 15) is 13.2 Å². The molecule has 0 aliphatic heterocycles. The van der Waals surface area contributed by atoms with Crippen molar-refractivity contribution in [3.8, 4) is 0 Å². The molecule has 0 aliphatic rings. The molecule has 0 saturated heterocycles. The highest BCUT2D eigenvalue weighted by atomic mass is 32.2. The molecule has 1 aromatic carbocycles. The number of aliphatic carboxylic acids is 1. The van der Waals surface area contributed by atoms with E-state index in [0.717, 1.165) is 16.7 Å². The van der Waals surface area contributed by atoms with Crippen LogP contribution in [0.5, 0.6) is 0 Å². The Bertz CT molecular complexity index is 496. The minimum absolute atomic E-state index is 0.0145. The van der Waals surface area contributed by atoms with Gasteiger partial charge in [0.1, 0.15) is 0 Å². The fourth-order valence-electron chi connectivity index (χ4n) is 1.27. The number of thioether (sulfide) groups is 1. The molecule has 0 fully saturated rings. The molecule has 100 valence electrons. The summed E-state index contributed by atoms with van der Waals surface area (Å²) in [5, 5.41) is 8.62. The molecule has 2 N–H and O–H groups in total. The first-order valence-electron chi connectivity index (χ1n) is 5.25. The molecule has 0 heterocycles. The second-order valence-corrected chi connectivity index (χ2v) is 6.73. The maximum absolute atomic E-state index is 10.8. The summed E-state index contributed by atoms with van der Waals surface area (Å²) in [5.41, 5.74) is 0.751. The Morgan fingerprint density at radius 3 is 2.44 bits per heavy atom. The molecule has 7 heteroatoms. The first-order valence-corrected chi connectivity index (χ1v) is 8.13. The van der Waals surface area contributed by atoms with E-state index < -0.39 is 16.0 Å². The number of carboxylic acid groups (broad SMARTS) is 1. The largest absolute Gasteiger partial charge is 0.481 e. The van der Waals surface area contributed by atoms with Gasteiger partial charge >= 0.3 is 5.97 Å². The molecule has 5 nitrogen and oxygen atoms in total. The number of hydrogen-bond donors (Lipinski definition) is 2. The van der Waals surface area contributed by atoms with Crippen LogP contribution >= 0.6 is 11.8 Å². The van der Waals surface area contributed by atoms with Gasteiger partial charge in [-0.05, 0) is 17.7 Å². The van der Waals surface area contributed by atoms with Gasteiger partial charge in [0.05, 0.1) is 12.7 Å². The lowest BCUT2D eigenvalue weighted by Crippen LogP contribution is -2.24. The molecule has 1 aromatic rings. The molecule has 0 amide bonds. The van der Waals surface area contributed by atoms with E-state index >= 15 is 0 Å². The Hall–Kier alpha value is -1.05. The van der Waals surface area contributed by atoms with E-state index in [4.69, 9.17) is 5.11 Å². The van der Waals surface area contributed by atoms with Crippen molar-refractivity contribution in [2.75, 3.05) is 18.6 Å². The summed E-state index contributed by atoms with van der Waals surface area (Å²) in [6.45, 7) is 0.375. The summed E-state index contributed by atoms with van der Waals surface area (Å²) in [6.07, 6.45) is 1.14. The van der Waals surface area contributed by atoms with Gasteiger partial charge in [0, 0.05) is 17.2 Å². The van der Waals surface area contributed by atoms with Gasteiger partial charge in [-0.3, -0.25) is 4.79 Å². The highest BCUT2D eigenvalue weighted by Gasteiger charge is 2.02. The fraction of sp³-hybridized carbons (Fsp3) is 0.364. The van der Waals surface area contributed by atoms with Crippen LogP contribution in [0.25, 0.3) is 0 Å². The van der Waals surface area contributed by atoms with Crippen LogP contribution in [0, 0.1) is 0 Å². The van der Waals surface area contributed by atoms with Crippen molar-refractivity contribution in [3.05, 3.63) is 29.8 Å². The summed E-state index contributed by atoms with van der Waals surface area (Å²) in [7, 11) is -3.13. The van der Waals surface area contributed by atoms with Gasteiger partial charge in [-0.15, -0.1) is 11.8 Å². The minimum Gasteiger partial charge on any atom is -0.481 e. The second kappa shape index (κ2) is 6.77. The number of sulfonamides is 1. The Morgan fingerprint density at radius 2 is 1.94 bits per heavy atom. The molecule has 18 heavy (non-hydrogen) atoms. The van der Waals surface area contributed by atoms with E-state index in [0.29, 0.717) is 12.3 Å². The van der Waals surface area contributed by atoms with Gasteiger partial charge in [0.2, 0.25) is 10.0 Å². The molecular weight excluding hydrogens is 274 g/mol. The van der Waals surface area contributed by atoms with Gasteiger partial charge in [0.15, 0.2) is 0 Å². The lowest BCUT2D eigenvalue weighted by atomic mass is 10.2. The average molecular weight is 289 g/mol. The van der Waals surface area contributed by atoms with Crippen molar-refractivity contribution < 1.29 is 18.3 Å². The third kappa shape index (κ3) is 6.63. The number of nitrogens with one attached hydrogen (secondary N) is 1. The molecule has 0 radical (unpaired) electrons. The molecule has 0 unspecified atom stereocenters. The smallest absolute Gasteiger partial charge is 0.307 e. The second-order valence-electron chi connectivity index (χ2n) is 3.73. The van der Waals surface area contributed by atoms with Gasteiger partial charge in [-0.1, -0.05) is 12.1 Å². The third-order valence-electron chi connectivity index (χ3n) is 2.01. The Balaban J connectivity index is 2.37. The minimum atomic E-state index is -3.13. The van der Waals surface area contributed by atoms with Gasteiger partial charge in [-0.25, -0.2) is 13.1 Å². The zero-order valence-electron chi connectivity index (χ0n) is 9.92. The van der Waals surface area contributed by atoms with E-state index in [2.05, 4.69) is 4.72 Å². The van der Waals surface area contributed by atoms with Crippen LogP contribution in [0.3, 0.4) is 0 Å². The van der Waals surface area contributed by atoms with Crippen molar-refractivity contribution in [1.29, 1.82) is 0 Å². The van der Waals surface area contributed by atoms with Crippen LogP contribution < -0.4 is 4.72 Å². The van der Waals surface area contributed by atoms with E-state index in [1.807, 2.05) is 12.1 Å². The standard InChI is InChI=1S/C11H15NO4S2/c1-18(15,16)12-6-7-17-10-4-2-9(3-5-10)8-11(13)14/h2-5,12H,6-8H2,1H3,(H,13,14). The van der Waals surface area contributed by atoms with Crippen LogP contribution in [0.15, 0.2) is 29.2 Å². The number of carboxylic acids is 1. The monoisotopic (exact) mass is 289 g/mol. The predicted molar refractivity (Wildman–Crippen MR) is 71.4 cm³/mol. The maximum Gasteiger partial charge on any atom is 0.307 e. The fourth-order valence-corrected chi connectivity index (χ4v) is 2.64. The van der Waals surface area contributed by atoms with Crippen molar-refractivity contribution in [1.82, 2.24) is 4.72 Å². The molecule has 0 aliphatic carbocycles. The molecule has 0 saturated carbocycles. The van der Waals surface area contributed by atoms with Crippen LogP contribution in [0.1, 0.15) is 5.56 Å². The molecule has 0 aromatic heterocycles. The molecule has 0 spiro atoms. The van der Waals surface area contributed by atoms with Gasteiger partial charge in [0.25, 0.3) is 0 Å². The molecular formula is C11H15NO4S2. The normalized spacial score (nSPS) is 11.4. The van der Waals surface area contributed by atoms with Crippen LogP contribution in [-0.4, -0.2) is 38.0 Å². The molecule has 0 atom stereocenters. The summed E-state index contributed by atoms with van der Waals surface area (Å²) < 4.78 is 24.0. The highest BCUT2D eigenvalue weighted by molar-refractivity contribution is 7.99. The van der Waals surface area contributed by atoms with Gasteiger partial charge in [-0.2, -0.15) is 0 Å². The van der Waals surface area contributed by atoms with E-state index in [-0.39, 0.29) is 6.42 Å². The number of carbonyl (C=O) groups is 1. The van der Waals surface area contributed by atoms with Crippen LogP contribution in [0.4, 0.5) is 0 Å². The van der Waals surface area contributed by atoms with Crippen molar-refractivity contribution in [2.24, 2.45) is 0 Å². The Kier molecular flexibility index (Phi) is 5.64. The lowest BCUT2D eigenvalue weighted by molar-refractivity contribution is -0.136. The third-order valence-corrected chi connectivity index (χ3v) is 3.76. The SMILES string of the molecule is CS(=O)(=O)NCCSc1ccc(CC(=O)O)cc1. The summed E-state index contributed by atoms with van der Waals surface area (Å²) in [6, 6.07) is 7.20. The number of hydrogen-bond acceptors (Lipinski definition) is 4. The van der Waals surface area contributed by atoms with E-state index in [1.165, 1.54) is 11.8 Å². The molecule has 1 rings (SSSR count). The van der Waals surface area contributed by atoms with Crippen LogP contribution in [-0.2, 0) is 21.2 Å². The Morgan fingerprint density at radius 1 is 1.33 bits per heavy atom. The highest BCUT2D eigenvalue weighted by Crippen LogP contribution is 2.18. The average Bonchev–Trinajstić information content (AvgIpc) is 2.24. The first-order chi connectivity index (χ1) is 8.37. The summed E-state index contributed by atoms with van der Waals surface area (Å²) in [5.74, 6) is -0.224. The van der Waals surface area contributed by atoms with Crippen molar-refractivity contribution in [2.45, 2.75) is 11.3 Å². The van der Waals surface area contributed by atoms with Crippen molar-refractivity contribution >= 4 is 27.8 Å². The number of benzene rings is 1. The van der Waals surface area contributed by atoms with E-state index in [1.54, 1.807) is 12.1 Å². The zero-order valence-corrected chi connectivity index (χ0v) is 11.6. The summed E-state index contributed by atoms with van der Waals surface area (Å²) >= 11 is 1.51. The quantitative estimate of drug-likeness (QED) is 0.577.